The van der Waals surface area contributed by atoms with E-state index in [1.807, 2.05) is 0 Å². The van der Waals surface area contributed by atoms with Crippen LogP contribution in [-0.2, 0) is 6.42 Å². The predicted molar refractivity (Wildman–Crippen MR) is 93.3 cm³/mol. The number of benzene rings is 1. The number of hydrogen-bond acceptors (Lipinski definition) is 4. The molecule has 0 radical (unpaired) electrons. The molecule has 1 aliphatic heterocycles. The van der Waals surface area contributed by atoms with E-state index in [2.05, 4.69) is 20.4 Å². The summed E-state index contributed by atoms with van der Waals surface area (Å²) in [5.41, 5.74) is 1.25. The molecule has 0 spiro atoms. The quantitative estimate of drug-likeness (QED) is 0.766. The third kappa shape index (κ3) is 3.62. The van der Waals surface area contributed by atoms with Crippen LogP contribution in [0.15, 0.2) is 49.2 Å². The number of urea groups is 1. The van der Waals surface area contributed by atoms with Gasteiger partial charge in [0, 0.05) is 19.3 Å². The summed E-state index contributed by atoms with van der Waals surface area (Å²) in [5, 5.41) is 6.85. The molecule has 7 nitrogen and oxygen atoms in total. The molecule has 0 atom stereocenters. The normalized spacial score (nSPS) is 14.1. The summed E-state index contributed by atoms with van der Waals surface area (Å²) < 4.78 is 27.7. The van der Waals surface area contributed by atoms with Gasteiger partial charge in [-0.15, -0.1) is 0 Å². The Morgan fingerprint density at radius 2 is 2.07 bits per heavy atom. The lowest BCUT2D eigenvalue weighted by Crippen LogP contribution is -2.52. The Balaban J connectivity index is 1.35. The molecular weight excluding hydrogens is 354 g/mol. The van der Waals surface area contributed by atoms with Gasteiger partial charge >= 0.3 is 6.03 Å². The van der Waals surface area contributed by atoms with Crippen LogP contribution in [0, 0.1) is 17.6 Å². The average molecular weight is 370 g/mol. The highest BCUT2D eigenvalue weighted by Crippen LogP contribution is 2.23. The minimum absolute atomic E-state index is 0.212. The highest BCUT2D eigenvalue weighted by molar-refractivity contribution is 5.91. The fourth-order valence-electron chi connectivity index (χ4n) is 3.05. The minimum atomic E-state index is -0.854. The number of aromatic nitrogens is 4. The lowest BCUT2D eigenvalue weighted by Gasteiger charge is -2.39. The molecule has 9 heteroatoms. The molecule has 138 valence electrons. The Morgan fingerprint density at radius 1 is 1.22 bits per heavy atom. The van der Waals surface area contributed by atoms with Crippen molar-refractivity contribution < 1.29 is 13.6 Å². The van der Waals surface area contributed by atoms with Crippen molar-refractivity contribution in [2.24, 2.45) is 5.92 Å². The minimum Gasteiger partial charge on any atom is -0.324 e. The number of pyridine rings is 1. The van der Waals surface area contributed by atoms with Crippen molar-refractivity contribution in [3.8, 4) is 5.82 Å². The molecule has 2 amide bonds. The number of nitrogens with zero attached hydrogens (tertiary/aromatic N) is 5. The number of carbonyl (C=O) groups is 1. The van der Waals surface area contributed by atoms with E-state index < -0.39 is 11.6 Å². The summed E-state index contributed by atoms with van der Waals surface area (Å²) in [5.74, 6) is -1.02. The molecule has 0 bridgehead atoms. The molecule has 1 aromatic carbocycles. The van der Waals surface area contributed by atoms with Crippen LogP contribution in [-0.4, -0.2) is 43.8 Å². The number of hydrogen-bond donors (Lipinski definition) is 1. The standard InChI is InChI=1S/C18H16F2N6O/c19-14-4-3-12(7-15(14)20)6-13-8-25(9-13)18(27)24-16-2-1-5-22-17(16)26-11-21-10-23-26/h1-5,7,10-11,13H,6,8-9H2,(H,24,27). The molecule has 1 fully saturated rings. The zero-order valence-electron chi connectivity index (χ0n) is 14.2. The van der Waals surface area contributed by atoms with Gasteiger partial charge in [0.2, 0.25) is 0 Å². The third-order valence-corrected chi connectivity index (χ3v) is 4.42. The predicted octanol–water partition coefficient (Wildman–Crippen LogP) is 2.65. The van der Waals surface area contributed by atoms with E-state index in [-0.39, 0.29) is 11.9 Å². The maximum Gasteiger partial charge on any atom is 0.321 e. The van der Waals surface area contributed by atoms with Crippen LogP contribution in [0.25, 0.3) is 5.82 Å². The van der Waals surface area contributed by atoms with Gasteiger partial charge in [-0.2, -0.15) is 5.10 Å². The fraction of sp³-hybridized carbons (Fsp3) is 0.222. The van der Waals surface area contributed by atoms with E-state index in [9.17, 15) is 13.6 Å². The second kappa shape index (κ2) is 7.10. The van der Waals surface area contributed by atoms with Gasteiger partial charge < -0.3 is 10.2 Å². The number of nitrogens with one attached hydrogen (secondary N) is 1. The molecule has 3 aromatic rings. The lowest BCUT2D eigenvalue weighted by atomic mass is 9.92. The SMILES string of the molecule is O=C(Nc1cccnc1-n1cncn1)N1CC(Cc2ccc(F)c(F)c2)C1. The molecule has 4 rings (SSSR count). The Bertz CT molecular complexity index is 956. The number of carbonyl (C=O) groups excluding carboxylic acids is 1. The number of likely N-dealkylation sites (tertiary alicyclic amines) is 1. The molecular formula is C18H16F2N6O. The first-order chi connectivity index (χ1) is 13.1. The van der Waals surface area contributed by atoms with Crippen LogP contribution < -0.4 is 5.32 Å². The van der Waals surface area contributed by atoms with Gasteiger partial charge in [-0.25, -0.2) is 28.2 Å². The summed E-state index contributed by atoms with van der Waals surface area (Å²) in [7, 11) is 0. The Morgan fingerprint density at radius 3 is 2.81 bits per heavy atom. The largest absolute Gasteiger partial charge is 0.324 e. The zero-order chi connectivity index (χ0) is 18.8. The maximum atomic E-state index is 13.3. The Labute approximate surface area is 153 Å². The van der Waals surface area contributed by atoms with E-state index in [4.69, 9.17) is 0 Å². The molecule has 0 aliphatic carbocycles. The first-order valence-corrected chi connectivity index (χ1v) is 8.40. The van der Waals surface area contributed by atoms with Crippen molar-refractivity contribution >= 4 is 11.7 Å². The lowest BCUT2D eigenvalue weighted by molar-refractivity contribution is 0.131. The molecule has 27 heavy (non-hydrogen) atoms. The second-order valence-corrected chi connectivity index (χ2v) is 6.37. The molecule has 3 heterocycles. The number of rotatable bonds is 4. The van der Waals surface area contributed by atoms with E-state index in [0.29, 0.717) is 31.0 Å². The summed E-state index contributed by atoms with van der Waals surface area (Å²) >= 11 is 0. The molecule has 2 aromatic heterocycles. The van der Waals surface area contributed by atoms with E-state index in [1.165, 1.54) is 23.4 Å². The van der Waals surface area contributed by atoms with Crippen LogP contribution >= 0.6 is 0 Å². The smallest absolute Gasteiger partial charge is 0.321 e. The van der Waals surface area contributed by atoms with Gasteiger partial charge in [0.25, 0.3) is 0 Å². The Hall–Kier alpha value is -3.36. The summed E-state index contributed by atoms with van der Waals surface area (Å²) in [4.78, 5) is 22.2. The van der Waals surface area contributed by atoms with E-state index in [1.54, 1.807) is 29.3 Å². The van der Waals surface area contributed by atoms with E-state index in [0.717, 1.165) is 11.6 Å². The first-order valence-electron chi connectivity index (χ1n) is 8.40. The fourth-order valence-corrected chi connectivity index (χ4v) is 3.05. The second-order valence-electron chi connectivity index (χ2n) is 6.37. The number of anilines is 1. The van der Waals surface area contributed by atoms with Gasteiger partial charge in [-0.3, -0.25) is 0 Å². The summed E-state index contributed by atoms with van der Waals surface area (Å²) in [6.07, 6.45) is 5.09. The summed E-state index contributed by atoms with van der Waals surface area (Å²) in [6, 6.07) is 7.12. The monoisotopic (exact) mass is 370 g/mol. The van der Waals surface area contributed by atoms with Crippen LogP contribution in [0.2, 0.25) is 0 Å². The maximum absolute atomic E-state index is 13.3. The van der Waals surface area contributed by atoms with Gasteiger partial charge in [-0.1, -0.05) is 6.07 Å². The molecule has 1 N–H and O–H groups in total. The van der Waals surface area contributed by atoms with Crippen LogP contribution in [0.5, 0.6) is 0 Å². The van der Waals surface area contributed by atoms with Crippen molar-refractivity contribution in [1.82, 2.24) is 24.6 Å². The van der Waals surface area contributed by atoms with Crippen molar-refractivity contribution in [3.05, 3.63) is 66.4 Å². The van der Waals surface area contributed by atoms with Crippen molar-refractivity contribution in [2.45, 2.75) is 6.42 Å². The molecule has 0 saturated carbocycles. The summed E-state index contributed by atoms with van der Waals surface area (Å²) in [6.45, 7) is 1.09. The molecule has 1 aliphatic rings. The van der Waals surface area contributed by atoms with Crippen molar-refractivity contribution in [2.75, 3.05) is 18.4 Å². The zero-order valence-corrected chi connectivity index (χ0v) is 14.2. The number of amides is 2. The highest BCUT2D eigenvalue weighted by atomic mass is 19.2. The molecule has 0 unspecified atom stereocenters. The van der Waals surface area contributed by atoms with Gasteiger partial charge in [0.15, 0.2) is 17.5 Å². The van der Waals surface area contributed by atoms with Gasteiger partial charge in [-0.05, 0) is 42.2 Å². The highest BCUT2D eigenvalue weighted by Gasteiger charge is 2.31. The van der Waals surface area contributed by atoms with Crippen LogP contribution in [0.3, 0.4) is 0 Å². The van der Waals surface area contributed by atoms with Crippen molar-refractivity contribution in [3.63, 3.8) is 0 Å². The third-order valence-electron chi connectivity index (χ3n) is 4.42. The average Bonchev–Trinajstić information content (AvgIpc) is 3.15. The van der Waals surface area contributed by atoms with Crippen LogP contribution in [0.1, 0.15) is 5.56 Å². The van der Waals surface area contributed by atoms with Crippen molar-refractivity contribution in [1.29, 1.82) is 0 Å². The van der Waals surface area contributed by atoms with E-state index >= 15 is 0 Å². The molecule has 1 saturated heterocycles. The first kappa shape index (κ1) is 17.1. The van der Waals surface area contributed by atoms with Gasteiger partial charge in [0.05, 0.1) is 5.69 Å². The van der Waals surface area contributed by atoms with Gasteiger partial charge in [0.1, 0.15) is 12.7 Å². The topological polar surface area (TPSA) is 75.9 Å². The van der Waals surface area contributed by atoms with Crippen LogP contribution in [0.4, 0.5) is 19.3 Å². The Kier molecular flexibility index (Phi) is 4.49. The number of halogens is 2.